The van der Waals surface area contributed by atoms with Crippen LogP contribution in [0.15, 0.2) is 144 Å². The zero-order valence-corrected chi connectivity index (χ0v) is 24.3. The lowest BCUT2D eigenvalue weighted by molar-refractivity contribution is 0.669. The van der Waals surface area contributed by atoms with E-state index in [0.717, 1.165) is 33.1 Å². The van der Waals surface area contributed by atoms with E-state index in [0.29, 0.717) is 11.6 Å². The third kappa shape index (κ3) is 4.09. The second-order valence-corrected chi connectivity index (χ2v) is 12.0. The maximum absolute atomic E-state index is 6.04. The van der Waals surface area contributed by atoms with Crippen molar-refractivity contribution in [2.24, 2.45) is 0 Å². The Labute approximate surface area is 256 Å². The summed E-state index contributed by atoms with van der Waals surface area (Å²) in [5.74, 6) is 1.30. The van der Waals surface area contributed by atoms with Crippen LogP contribution in [0, 0.1) is 0 Å². The van der Waals surface area contributed by atoms with E-state index < -0.39 is 0 Å². The molecule has 0 radical (unpaired) electrons. The van der Waals surface area contributed by atoms with Crippen molar-refractivity contribution in [3.05, 3.63) is 140 Å². The number of rotatable bonds is 4. The summed E-state index contributed by atoms with van der Waals surface area (Å²) in [6.07, 6.45) is 1.61. The highest BCUT2D eigenvalue weighted by atomic mass is 32.1. The molecule has 0 unspecified atom stereocenters. The zero-order valence-electron chi connectivity index (χ0n) is 23.4. The van der Waals surface area contributed by atoms with Crippen LogP contribution in [-0.2, 0) is 0 Å². The van der Waals surface area contributed by atoms with Crippen LogP contribution in [-0.4, -0.2) is 15.0 Å². The molecule has 0 fully saturated rings. The van der Waals surface area contributed by atoms with E-state index >= 15 is 0 Å². The summed E-state index contributed by atoms with van der Waals surface area (Å²) in [6.45, 7) is 0. The van der Waals surface area contributed by atoms with Crippen molar-refractivity contribution in [1.29, 1.82) is 0 Å². The van der Waals surface area contributed by atoms with Gasteiger partial charge in [-0.2, -0.15) is 0 Å². The molecule has 0 spiro atoms. The first-order valence-electron chi connectivity index (χ1n) is 14.5. The zero-order chi connectivity index (χ0) is 29.0. The molecule has 0 N–H and O–H groups in total. The molecule has 0 saturated heterocycles. The smallest absolute Gasteiger partial charge is 0.164 e. The van der Waals surface area contributed by atoms with Crippen LogP contribution in [0.25, 0.3) is 87.1 Å². The number of fused-ring (bicyclic) bond motifs is 6. The van der Waals surface area contributed by atoms with E-state index in [-0.39, 0.29) is 0 Å². The van der Waals surface area contributed by atoms with Gasteiger partial charge in [0.05, 0.1) is 0 Å². The Hall–Kier alpha value is -5.65. The molecule has 0 aliphatic carbocycles. The van der Waals surface area contributed by atoms with Crippen LogP contribution in [0.2, 0.25) is 0 Å². The van der Waals surface area contributed by atoms with Gasteiger partial charge in [-0.15, -0.1) is 11.3 Å². The molecule has 0 atom stereocenters. The Balaban J connectivity index is 1.17. The number of thiophene rings is 1. The maximum Gasteiger partial charge on any atom is 0.164 e. The highest BCUT2D eigenvalue weighted by Gasteiger charge is 2.16. The minimum atomic E-state index is 0.636. The average molecular weight is 582 g/mol. The summed E-state index contributed by atoms with van der Waals surface area (Å²) in [7, 11) is 0. The highest BCUT2D eigenvalue weighted by Crippen LogP contribution is 2.41. The summed E-state index contributed by atoms with van der Waals surface area (Å²) in [5.41, 5.74) is 8.44. The molecule has 5 heteroatoms. The van der Waals surface area contributed by atoms with Crippen molar-refractivity contribution in [3.63, 3.8) is 0 Å². The SMILES string of the molecule is c1ccc(-c2cccc(-c3ccc4sc5cccc(-c6ncnc(-c7ccc8oc9ccccc9c8c7)n6)c5c4c3)c2)cc1. The van der Waals surface area contributed by atoms with Crippen LogP contribution in [0.3, 0.4) is 0 Å². The Bertz CT molecular complexity index is 2510. The van der Waals surface area contributed by atoms with Gasteiger partial charge in [0.2, 0.25) is 0 Å². The maximum atomic E-state index is 6.04. The van der Waals surface area contributed by atoms with Gasteiger partial charge in [0.15, 0.2) is 11.6 Å². The fourth-order valence-corrected chi connectivity index (χ4v) is 7.24. The lowest BCUT2D eigenvalue weighted by atomic mass is 9.97. The van der Waals surface area contributed by atoms with Crippen LogP contribution >= 0.6 is 11.3 Å². The first kappa shape index (κ1) is 24.9. The molecule has 0 amide bonds. The van der Waals surface area contributed by atoms with E-state index in [2.05, 4.69) is 113 Å². The standard InChI is InChI=1S/C39H23N3OS/c1-2-8-24(9-3-1)25-10-6-11-26(20-25)27-17-19-35-32(21-27)37-30(13-7-15-36(37)44-35)39-41-23-40-38(42-39)28-16-18-34-31(22-28)29-12-4-5-14-33(29)43-34/h1-23H. The molecule has 0 saturated carbocycles. The van der Waals surface area contributed by atoms with Crippen molar-refractivity contribution in [3.8, 4) is 45.0 Å². The summed E-state index contributed by atoms with van der Waals surface area (Å²) >= 11 is 1.80. The second kappa shape index (κ2) is 9.97. The van der Waals surface area contributed by atoms with Gasteiger partial charge >= 0.3 is 0 Å². The molecule has 3 heterocycles. The highest BCUT2D eigenvalue weighted by molar-refractivity contribution is 7.26. The van der Waals surface area contributed by atoms with Crippen molar-refractivity contribution < 1.29 is 4.42 Å². The van der Waals surface area contributed by atoms with E-state index in [1.807, 2.05) is 30.3 Å². The normalized spacial score (nSPS) is 11.6. The van der Waals surface area contributed by atoms with E-state index in [9.17, 15) is 0 Å². The Kier molecular flexibility index (Phi) is 5.64. The first-order chi connectivity index (χ1) is 21.8. The van der Waals surface area contributed by atoms with Gasteiger partial charge in [-0.3, -0.25) is 0 Å². The number of furan rings is 1. The molecule has 6 aromatic carbocycles. The van der Waals surface area contributed by atoms with Gasteiger partial charge in [-0.05, 0) is 70.8 Å². The fraction of sp³-hybridized carbons (Fsp3) is 0. The van der Waals surface area contributed by atoms with Crippen molar-refractivity contribution in [2.45, 2.75) is 0 Å². The lowest BCUT2D eigenvalue weighted by Gasteiger charge is -2.08. The second-order valence-electron chi connectivity index (χ2n) is 10.9. The number of benzene rings is 6. The summed E-state index contributed by atoms with van der Waals surface area (Å²) in [4.78, 5) is 14.2. The van der Waals surface area contributed by atoms with Gasteiger partial charge in [0, 0.05) is 42.1 Å². The summed E-state index contributed by atoms with van der Waals surface area (Å²) < 4.78 is 8.48. The molecule has 206 valence electrons. The Morgan fingerprint density at radius 3 is 2.09 bits per heavy atom. The molecule has 0 aliphatic rings. The average Bonchev–Trinajstić information content (AvgIpc) is 3.66. The number of aromatic nitrogens is 3. The van der Waals surface area contributed by atoms with Crippen LogP contribution in [0.5, 0.6) is 0 Å². The molecule has 9 aromatic rings. The molecule has 3 aromatic heterocycles. The third-order valence-electron chi connectivity index (χ3n) is 8.25. The van der Waals surface area contributed by atoms with Crippen molar-refractivity contribution in [2.75, 3.05) is 0 Å². The Morgan fingerprint density at radius 1 is 0.455 bits per heavy atom. The lowest BCUT2D eigenvalue weighted by Crippen LogP contribution is -1.95. The minimum absolute atomic E-state index is 0.636. The van der Waals surface area contributed by atoms with Gasteiger partial charge in [0.25, 0.3) is 0 Å². The largest absolute Gasteiger partial charge is 0.456 e. The van der Waals surface area contributed by atoms with Crippen LogP contribution < -0.4 is 0 Å². The fourth-order valence-electron chi connectivity index (χ4n) is 6.13. The van der Waals surface area contributed by atoms with Gasteiger partial charge < -0.3 is 4.42 Å². The number of hydrogen-bond donors (Lipinski definition) is 0. The number of hydrogen-bond acceptors (Lipinski definition) is 5. The van der Waals surface area contributed by atoms with E-state index in [1.54, 1.807) is 17.7 Å². The molecular weight excluding hydrogens is 559 g/mol. The first-order valence-corrected chi connectivity index (χ1v) is 15.3. The van der Waals surface area contributed by atoms with Crippen molar-refractivity contribution in [1.82, 2.24) is 15.0 Å². The number of para-hydroxylation sites is 1. The van der Waals surface area contributed by atoms with Crippen LogP contribution in [0.1, 0.15) is 0 Å². The molecule has 0 aliphatic heterocycles. The van der Waals surface area contributed by atoms with Crippen LogP contribution in [0.4, 0.5) is 0 Å². The van der Waals surface area contributed by atoms with Crippen molar-refractivity contribution >= 4 is 53.4 Å². The summed E-state index contributed by atoms with van der Waals surface area (Å²) in [6, 6.07) is 46.6. The molecule has 9 rings (SSSR count). The summed E-state index contributed by atoms with van der Waals surface area (Å²) in [5, 5.41) is 4.51. The van der Waals surface area contributed by atoms with Gasteiger partial charge in [0.1, 0.15) is 17.5 Å². The quantitative estimate of drug-likeness (QED) is 0.207. The predicted octanol–water partition coefficient (Wildman–Crippen LogP) is 10.8. The minimum Gasteiger partial charge on any atom is -0.456 e. The monoisotopic (exact) mass is 581 g/mol. The molecular formula is C39H23N3OS. The topological polar surface area (TPSA) is 51.8 Å². The molecule has 0 bridgehead atoms. The van der Waals surface area contributed by atoms with E-state index in [1.165, 1.54) is 42.4 Å². The number of nitrogens with zero attached hydrogens (tertiary/aromatic N) is 3. The molecule has 4 nitrogen and oxygen atoms in total. The van der Waals surface area contributed by atoms with Gasteiger partial charge in [-0.25, -0.2) is 15.0 Å². The molecule has 44 heavy (non-hydrogen) atoms. The third-order valence-corrected chi connectivity index (χ3v) is 9.38. The predicted molar refractivity (Wildman–Crippen MR) is 182 cm³/mol. The Morgan fingerprint density at radius 2 is 1.16 bits per heavy atom. The van der Waals surface area contributed by atoms with E-state index in [4.69, 9.17) is 9.40 Å². The van der Waals surface area contributed by atoms with Gasteiger partial charge in [-0.1, -0.05) is 84.9 Å².